The van der Waals surface area contributed by atoms with Crippen molar-refractivity contribution >= 4 is 34.5 Å². The Hall–Kier alpha value is -3.65. The molecule has 0 aliphatic heterocycles. The van der Waals surface area contributed by atoms with Gasteiger partial charge in [0.05, 0.1) is 22.1 Å². The van der Waals surface area contributed by atoms with Gasteiger partial charge in [-0.05, 0) is 37.0 Å². The van der Waals surface area contributed by atoms with E-state index in [2.05, 4.69) is 29.2 Å². The van der Waals surface area contributed by atoms with Gasteiger partial charge in [-0.3, -0.25) is 14.9 Å². The van der Waals surface area contributed by atoms with Gasteiger partial charge in [-0.1, -0.05) is 79.3 Å². The van der Waals surface area contributed by atoms with Gasteiger partial charge in [0.15, 0.2) is 5.16 Å². The average Bonchev–Trinajstić information content (AvgIpc) is 3.23. The van der Waals surface area contributed by atoms with Crippen LogP contribution in [-0.2, 0) is 16.1 Å². The van der Waals surface area contributed by atoms with Crippen molar-refractivity contribution in [3.05, 3.63) is 100 Å². The number of carbonyl (C=O) groups excluding carboxylic acids is 1. The summed E-state index contributed by atoms with van der Waals surface area (Å²) in [6.45, 7) is 3.82. The summed E-state index contributed by atoms with van der Waals surface area (Å²) in [4.78, 5) is 28.1. The molecule has 0 N–H and O–H groups in total. The molecule has 0 fully saturated rings. The third-order valence-electron chi connectivity index (χ3n) is 6.14. The normalized spacial score (nSPS) is 12.1. The number of imidazole rings is 1. The van der Waals surface area contributed by atoms with Gasteiger partial charge in [0.25, 0.3) is 5.69 Å². The smallest absolute Gasteiger partial charge is 0.326 e. The third kappa shape index (κ3) is 6.12. The highest BCUT2D eigenvalue weighted by atomic mass is 32.2. The van der Waals surface area contributed by atoms with E-state index in [9.17, 15) is 14.9 Å². The van der Waals surface area contributed by atoms with Gasteiger partial charge in [0.2, 0.25) is 0 Å². The van der Waals surface area contributed by atoms with Crippen molar-refractivity contribution in [2.24, 2.45) is 0 Å². The molecule has 3 aromatic carbocycles. The molecule has 0 spiro atoms. The minimum Gasteiger partial charge on any atom is -0.461 e. The molecule has 186 valence electrons. The first-order valence-corrected chi connectivity index (χ1v) is 13.0. The van der Waals surface area contributed by atoms with E-state index >= 15 is 0 Å². The highest BCUT2D eigenvalue weighted by molar-refractivity contribution is 7.99. The Bertz CT molecular complexity index is 1290. The van der Waals surface area contributed by atoms with E-state index in [1.165, 1.54) is 23.3 Å². The van der Waals surface area contributed by atoms with Crippen molar-refractivity contribution in [3.63, 3.8) is 0 Å². The molecule has 4 rings (SSSR count). The third-order valence-corrected chi connectivity index (χ3v) is 7.15. The van der Waals surface area contributed by atoms with E-state index in [1.54, 1.807) is 22.4 Å². The first-order valence-electron chi connectivity index (χ1n) is 12.0. The number of nitro groups is 1. The summed E-state index contributed by atoms with van der Waals surface area (Å²) in [5.41, 5.74) is 3.62. The standard InChI is InChI=1S/C28H29N3O4S/c1-3-20(2)35-27(32)19-30-26-15-14-23(31(33)34)18-25(26)29-28(30)36-17-16-24(21-10-6-4-7-11-21)22-12-8-5-9-13-22/h4-15,18,20,24H,3,16-17,19H2,1-2H3. The number of thioether (sulfide) groups is 1. The van der Waals surface area contributed by atoms with Gasteiger partial charge < -0.3 is 9.30 Å². The van der Waals surface area contributed by atoms with Crippen LogP contribution in [0.5, 0.6) is 0 Å². The van der Waals surface area contributed by atoms with E-state index in [0.29, 0.717) is 16.2 Å². The number of esters is 1. The van der Waals surface area contributed by atoms with Crippen molar-refractivity contribution in [2.45, 2.75) is 50.4 Å². The fourth-order valence-electron chi connectivity index (χ4n) is 4.11. The second-order valence-electron chi connectivity index (χ2n) is 8.63. The maximum Gasteiger partial charge on any atom is 0.326 e. The number of non-ortho nitro benzene ring substituents is 1. The van der Waals surface area contributed by atoms with Crippen LogP contribution in [0.1, 0.15) is 43.7 Å². The second kappa shape index (κ2) is 11.9. The Kier molecular flexibility index (Phi) is 8.38. The molecule has 1 heterocycles. The quantitative estimate of drug-likeness (QED) is 0.0992. The van der Waals surface area contributed by atoms with E-state index in [4.69, 9.17) is 4.74 Å². The van der Waals surface area contributed by atoms with E-state index in [1.807, 2.05) is 50.2 Å². The summed E-state index contributed by atoms with van der Waals surface area (Å²) in [5, 5.41) is 11.9. The van der Waals surface area contributed by atoms with Gasteiger partial charge in [-0.25, -0.2) is 4.98 Å². The maximum absolute atomic E-state index is 12.6. The summed E-state index contributed by atoms with van der Waals surface area (Å²) < 4.78 is 7.29. The first kappa shape index (κ1) is 25.4. The van der Waals surface area contributed by atoms with E-state index in [-0.39, 0.29) is 30.2 Å². The lowest BCUT2D eigenvalue weighted by atomic mass is 9.89. The molecule has 0 bridgehead atoms. The largest absolute Gasteiger partial charge is 0.461 e. The summed E-state index contributed by atoms with van der Waals surface area (Å²) in [5.74, 6) is 0.616. The van der Waals surface area contributed by atoms with Crippen LogP contribution < -0.4 is 0 Å². The Morgan fingerprint density at radius 3 is 2.28 bits per heavy atom. The number of carbonyl (C=O) groups is 1. The fourth-order valence-corrected chi connectivity index (χ4v) is 5.13. The maximum atomic E-state index is 12.6. The number of fused-ring (bicyclic) bond motifs is 1. The number of nitrogens with zero attached hydrogens (tertiary/aromatic N) is 3. The van der Waals surface area contributed by atoms with Crippen molar-refractivity contribution in [1.29, 1.82) is 0 Å². The molecule has 0 saturated carbocycles. The van der Waals surface area contributed by atoms with Crippen LogP contribution in [0.4, 0.5) is 5.69 Å². The minimum atomic E-state index is -0.438. The molecule has 4 aromatic rings. The zero-order valence-corrected chi connectivity index (χ0v) is 21.2. The molecule has 0 saturated heterocycles. The van der Waals surface area contributed by atoms with Crippen LogP contribution in [0.2, 0.25) is 0 Å². The van der Waals surface area contributed by atoms with E-state index < -0.39 is 4.92 Å². The number of ether oxygens (including phenoxy) is 1. The SMILES string of the molecule is CCC(C)OC(=O)Cn1c(SCCC(c2ccccc2)c2ccccc2)nc2cc([N+](=O)[O-])ccc21. The molecular formula is C28H29N3O4S. The lowest BCUT2D eigenvalue weighted by Crippen LogP contribution is -2.19. The molecule has 7 nitrogen and oxygen atoms in total. The molecule has 0 radical (unpaired) electrons. The Labute approximate surface area is 214 Å². The van der Waals surface area contributed by atoms with Crippen molar-refractivity contribution in [2.75, 3.05) is 5.75 Å². The van der Waals surface area contributed by atoms with Gasteiger partial charge in [-0.15, -0.1) is 0 Å². The molecular weight excluding hydrogens is 474 g/mol. The van der Waals surface area contributed by atoms with Crippen LogP contribution in [0, 0.1) is 10.1 Å². The van der Waals surface area contributed by atoms with Crippen LogP contribution >= 0.6 is 11.8 Å². The summed E-state index contributed by atoms with van der Waals surface area (Å²) in [7, 11) is 0. The minimum absolute atomic E-state index is 0.00177. The predicted molar refractivity (Wildman–Crippen MR) is 142 cm³/mol. The zero-order chi connectivity index (χ0) is 25.5. The number of rotatable bonds is 11. The Morgan fingerprint density at radius 1 is 1.06 bits per heavy atom. The topological polar surface area (TPSA) is 87.3 Å². The number of hydrogen-bond donors (Lipinski definition) is 0. The first-order chi connectivity index (χ1) is 17.5. The van der Waals surface area contributed by atoms with Crippen molar-refractivity contribution in [3.8, 4) is 0 Å². The fraction of sp³-hybridized carbons (Fsp3) is 0.286. The summed E-state index contributed by atoms with van der Waals surface area (Å²) in [6.07, 6.45) is 1.41. The van der Waals surface area contributed by atoms with Crippen LogP contribution in [-0.4, -0.2) is 32.3 Å². The highest BCUT2D eigenvalue weighted by Gasteiger charge is 2.20. The van der Waals surface area contributed by atoms with Gasteiger partial charge in [0.1, 0.15) is 6.54 Å². The molecule has 0 aliphatic carbocycles. The van der Waals surface area contributed by atoms with Crippen LogP contribution in [0.15, 0.2) is 84.0 Å². The molecule has 1 atom stereocenters. The van der Waals surface area contributed by atoms with Gasteiger partial charge >= 0.3 is 5.97 Å². The van der Waals surface area contributed by atoms with Crippen LogP contribution in [0.25, 0.3) is 11.0 Å². The van der Waals surface area contributed by atoms with E-state index in [0.717, 1.165) is 18.6 Å². The monoisotopic (exact) mass is 503 g/mol. The lowest BCUT2D eigenvalue weighted by molar-refractivity contribution is -0.384. The zero-order valence-electron chi connectivity index (χ0n) is 20.4. The van der Waals surface area contributed by atoms with Gasteiger partial charge in [-0.2, -0.15) is 0 Å². The summed E-state index contributed by atoms with van der Waals surface area (Å²) >= 11 is 1.55. The molecule has 8 heteroatoms. The Morgan fingerprint density at radius 2 is 1.69 bits per heavy atom. The van der Waals surface area contributed by atoms with Crippen molar-refractivity contribution in [1.82, 2.24) is 9.55 Å². The summed E-state index contributed by atoms with van der Waals surface area (Å²) in [6, 6.07) is 25.3. The average molecular weight is 504 g/mol. The lowest BCUT2D eigenvalue weighted by Gasteiger charge is -2.18. The molecule has 1 unspecified atom stereocenters. The molecule has 36 heavy (non-hydrogen) atoms. The number of aromatic nitrogens is 2. The molecule has 1 aromatic heterocycles. The Balaban J connectivity index is 1.59. The molecule has 0 aliphatic rings. The highest BCUT2D eigenvalue weighted by Crippen LogP contribution is 2.32. The molecule has 0 amide bonds. The number of benzene rings is 3. The number of nitro benzene ring substituents is 1. The van der Waals surface area contributed by atoms with Crippen molar-refractivity contribution < 1.29 is 14.5 Å². The predicted octanol–water partition coefficient (Wildman–Crippen LogP) is 6.60. The van der Waals surface area contributed by atoms with Crippen LogP contribution in [0.3, 0.4) is 0 Å². The second-order valence-corrected chi connectivity index (χ2v) is 9.69. The van der Waals surface area contributed by atoms with Gasteiger partial charge in [0, 0.05) is 23.8 Å². The number of hydrogen-bond acceptors (Lipinski definition) is 6.